The van der Waals surface area contributed by atoms with Crippen LogP contribution in [-0.4, -0.2) is 37.6 Å². The predicted octanol–water partition coefficient (Wildman–Crippen LogP) is 0.912. The Kier molecular flexibility index (Phi) is 6.16. The topological polar surface area (TPSA) is 93.5 Å². The minimum Gasteiger partial charge on any atom is -0.381 e. The highest BCUT2D eigenvalue weighted by Crippen LogP contribution is 2.19. The summed E-state index contributed by atoms with van der Waals surface area (Å²) >= 11 is 0. The van der Waals surface area contributed by atoms with Crippen LogP contribution in [0.5, 0.6) is 0 Å². The molecule has 2 amide bonds. The average Bonchev–Trinajstić information content (AvgIpc) is 2.60. The van der Waals surface area contributed by atoms with Crippen molar-refractivity contribution in [1.82, 2.24) is 5.32 Å². The van der Waals surface area contributed by atoms with Crippen LogP contribution in [0, 0.1) is 23.4 Å². The molecule has 1 saturated heterocycles. The molecule has 4 N–H and O–H groups in total. The number of carbonyl (C=O) groups excluding carboxylic acids is 2. The first-order valence-corrected chi connectivity index (χ1v) is 7.44. The summed E-state index contributed by atoms with van der Waals surface area (Å²) in [7, 11) is 0. The van der Waals surface area contributed by atoms with Crippen molar-refractivity contribution in [2.45, 2.75) is 18.9 Å². The fraction of sp³-hybridized carbons (Fsp3) is 0.467. The Morgan fingerprint density at radius 2 is 1.88 bits per heavy atom. The summed E-state index contributed by atoms with van der Waals surface area (Å²) in [6.07, 6.45) is 1.31. The van der Waals surface area contributed by atoms with Crippen LogP contribution in [0.3, 0.4) is 0 Å². The molecule has 1 atom stereocenters. The van der Waals surface area contributed by atoms with E-state index in [0.717, 1.165) is 6.07 Å². The van der Waals surface area contributed by atoms with Gasteiger partial charge in [0.1, 0.15) is 0 Å². The van der Waals surface area contributed by atoms with Gasteiger partial charge >= 0.3 is 0 Å². The number of halogens is 3. The van der Waals surface area contributed by atoms with Crippen molar-refractivity contribution in [2.75, 3.05) is 25.1 Å². The highest BCUT2D eigenvalue weighted by atomic mass is 19.2. The van der Waals surface area contributed by atoms with Crippen LogP contribution in [-0.2, 0) is 14.3 Å². The van der Waals surface area contributed by atoms with Gasteiger partial charge in [0.05, 0.1) is 18.3 Å². The fourth-order valence-electron chi connectivity index (χ4n) is 2.39. The third kappa shape index (κ3) is 4.45. The number of hydrogen-bond acceptors (Lipinski definition) is 4. The molecule has 1 aliphatic rings. The number of nitrogens with one attached hydrogen (secondary N) is 2. The first-order valence-electron chi connectivity index (χ1n) is 7.44. The molecular formula is C15H18F3N3O3. The largest absolute Gasteiger partial charge is 0.381 e. The lowest BCUT2D eigenvalue weighted by Crippen LogP contribution is -2.48. The van der Waals surface area contributed by atoms with E-state index in [9.17, 15) is 22.8 Å². The molecule has 6 nitrogen and oxygen atoms in total. The number of anilines is 1. The first-order chi connectivity index (χ1) is 11.4. The molecule has 0 aliphatic carbocycles. The molecule has 1 aromatic carbocycles. The maximum Gasteiger partial charge on any atom is 0.243 e. The molecule has 1 aromatic rings. The molecular weight excluding hydrogens is 327 g/mol. The highest BCUT2D eigenvalue weighted by Gasteiger charge is 2.26. The number of rotatable bonds is 5. The summed E-state index contributed by atoms with van der Waals surface area (Å²) in [6, 6.07) is 0.802. The smallest absolute Gasteiger partial charge is 0.243 e. The van der Waals surface area contributed by atoms with Crippen molar-refractivity contribution in [3.63, 3.8) is 0 Å². The summed E-state index contributed by atoms with van der Waals surface area (Å²) < 4.78 is 44.5. The molecule has 1 fully saturated rings. The number of carbonyl (C=O) groups is 2. The molecule has 0 bridgehead atoms. The van der Waals surface area contributed by atoms with Crippen molar-refractivity contribution < 1.29 is 27.5 Å². The molecule has 0 saturated carbocycles. The molecule has 132 valence electrons. The van der Waals surface area contributed by atoms with Gasteiger partial charge in [-0.1, -0.05) is 0 Å². The Balaban J connectivity index is 1.84. The fourth-order valence-corrected chi connectivity index (χ4v) is 2.39. The standard InChI is InChI=1S/C15H18F3N3O3/c16-9-1-2-10(13(18)12(9)17)21-11(22)7-20-15(23)14(19)8-3-5-24-6-4-8/h1-2,8,14H,3-7,19H2,(H,20,23)(H,21,22). The zero-order chi connectivity index (χ0) is 17.7. The van der Waals surface area contributed by atoms with Gasteiger partial charge in [-0.3, -0.25) is 9.59 Å². The van der Waals surface area contributed by atoms with Crippen LogP contribution in [0.1, 0.15) is 12.8 Å². The van der Waals surface area contributed by atoms with Crippen LogP contribution >= 0.6 is 0 Å². The lowest BCUT2D eigenvalue weighted by atomic mass is 9.92. The highest BCUT2D eigenvalue weighted by molar-refractivity contribution is 5.95. The van der Waals surface area contributed by atoms with Crippen molar-refractivity contribution >= 4 is 17.5 Å². The second kappa shape index (κ2) is 8.11. The maximum atomic E-state index is 13.4. The molecule has 1 aliphatic heterocycles. The van der Waals surface area contributed by atoms with Gasteiger partial charge in [0.15, 0.2) is 17.5 Å². The molecule has 2 rings (SSSR count). The van der Waals surface area contributed by atoms with E-state index in [2.05, 4.69) is 10.6 Å². The van der Waals surface area contributed by atoms with Crippen molar-refractivity contribution in [3.05, 3.63) is 29.6 Å². The van der Waals surface area contributed by atoms with E-state index in [1.165, 1.54) is 0 Å². The molecule has 0 radical (unpaired) electrons. The summed E-state index contributed by atoms with van der Waals surface area (Å²) in [5.74, 6) is -5.88. The first kappa shape index (κ1) is 18.2. The zero-order valence-corrected chi connectivity index (χ0v) is 12.8. The maximum absolute atomic E-state index is 13.4. The van der Waals surface area contributed by atoms with Gasteiger partial charge in [0.25, 0.3) is 0 Å². The van der Waals surface area contributed by atoms with Gasteiger partial charge in [-0.05, 0) is 30.9 Å². The molecule has 1 heterocycles. The second-order valence-corrected chi connectivity index (χ2v) is 5.46. The minimum absolute atomic E-state index is 0.0366. The summed E-state index contributed by atoms with van der Waals surface area (Å²) in [5.41, 5.74) is 5.33. The molecule has 0 aromatic heterocycles. The summed E-state index contributed by atoms with van der Waals surface area (Å²) in [6.45, 7) is 0.595. The Morgan fingerprint density at radius 1 is 1.21 bits per heavy atom. The monoisotopic (exact) mass is 345 g/mol. The van der Waals surface area contributed by atoms with E-state index < -0.39 is 47.5 Å². The van der Waals surface area contributed by atoms with E-state index in [1.54, 1.807) is 0 Å². The van der Waals surface area contributed by atoms with Gasteiger partial charge in [-0.25, -0.2) is 13.2 Å². The van der Waals surface area contributed by atoms with E-state index in [4.69, 9.17) is 10.5 Å². The Hall–Kier alpha value is -2.13. The molecule has 1 unspecified atom stereocenters. The van der Waals surface area contributed by atoms with Gasteiger partial charge in [0.2, 0.25) is 11.8 Å². The van der Waals surface area contributed by atoms with Crippen LogP contribution in [0.15, 0.2) is 12.1 Å². The van der Waals surface area contributed by atoms with E-state index in [-0.39, 0.29) is 5.92 Å². The average molecular weight is 345 g/mol. The van der Waals surface area contributed by atoms with Crippen LogP contribution < -0.4 is 16.4 Å². The molecule has 9 heteroatoms. The summed E-state index contributed by atoms with van der Waals surface area (Å²) in [4.78, 5) is 23.6. The number of benzene rings is 1. The SMILES string of the molecule is NC(C(=O)NCC(=O)Nc1ccc(F)c(F)c1F)C1CCOCC1. The normalized spacial score (nSPS) is 16.5. The number of ether oxygens (including phenoxy) is 1. The van der Waals surface area contributed by atoms with Crippen LogP contribution in [0.4, 0.5) is 18.9 Å². The van der Waals surface area contributed by atoms with Gasteiger partial charge in [-0.15, -0.1) is 0 Å². The van der Waals surface area contributed by atoms with Crippen LogP contribution in [0.2, 0.25) is 0 Å². The van der Waals surface area contributed by atoms with E-state index >= 15 is 0 Å². The molecule has 0 spiro atoms. The van der Waals surface area contributed by atoms with Crippen LogP contribution in [0.25, 0.3) is 0 Å². The zero-order valence-electron chi connectivity index (χ0n) is 12.8. The third-order valence-corrected chi connectivity index (χ3v) is 3.81. The lowest BCUT2D eigenvalue weighted by molar-refractivity contribution is -0.126. The quantitative estimate of drug-likeness (QED) is 0.692. The van der Waals surface area contributed by atoms with Gasteiger partial charge in [0, 0.05) is 13.2 Å². The predicted molar refractivity (Wildman–Crippen MR) is 79.5 cm³/mol. The Bertz CT molecular complexity index is 621. The van der Waals surface area contributed by atoms with Crippen molar-refractivity contribution in [3.8, 4) is 0 Å². The molecule has 24 heavy (non-hydrogen) atoms. The van der Waals surface area contributed by atoms with Gasteiger partial charge < -0.3 is 21.1 Å². The number of nitrogens with two attached hydrogens (primary N) is 1. The van der Waals surface area contributed by atoms with E-state index in [0.29, 0.717) is 32.1 Å². The van der Waals surface area contributed by atoms with Gasteiger partial charge in [-0.2, -0.15) is 0 Å². The van der Waals surface area contributed by atoms with E-state index in [1.807, 2.05) is 0 Å². The van der Waals surface area contributed by atoms with Crippen molar-refractivity contribution in [1.29, 1.82) is 0 Å². The minimum atomic E-state index is -1.68. The Morgan fingerprint density at radius 3 is 2.54 bits per heavy atom. The number of amides is 2. The summed E-state index contributed by atoms with van der Waals surface area (Å²) in [5, 5.41) is 4.39. The Labute approximate surface area is 136 Å². The van der Waals surface area contributed by atoms with Crippen molar-refractivity contribution in [2.24, 2.45) is 11.7 Å². The third-order valence-electron chi connectivity index (χ3n) is 3.81. The second-order valence-electron chi connectivity index (χ2n) is 5.46. The lowest BCUT2D eigenvalue weighted by Gasteiger charge is -2.26. The number of hydrogen-bond donors (Lipinski definition) is 3.